The molecule has 0 aromatic heterocycles. The number of hydrogen-bond donors (Lipinski definition) is 1. The molecule has 0 fully saturated rings. The molecule has 0 saturated heterocycles. The summed E-state index contributed by atoms with van der Waals surface area (Å²) in [5.41, 5.74) is 0. The average molecular weight is 272 g/mol. The third-order valence-corrected chi connectivity index (χ3v) is 3.62. The van der Waals surface area contributed by atoms with Gasteiger partial charge in [0.15, 0.2) is 0 Å². The van der Waals surface area contributed by atoms with Gasteiger partial charge in [-0.05, 0) is 31.7 Å². The second-order valence-electron chi connectivity index (χ2n) is 5.87. The molecule has 0 saturated carbocycles. The summed E-state index contributed by atoms with van der Waals surface area (Å²) >= 11 is 0. The second-order valence-corrected chi connectivity index (χ2v) is 5.87. The molecule has 3 heteroatoms. The topological polar surface area (TPSA) is 24.5 Å². The number of hydrogen-bond acceptors (Lipinski definition) is 3. The van der Waals surface area contributed by atoms with Gasteiger partial charge >= 0.3 is 0 Å². The molecule has 0 bridgehead atoms. The first-order chi connectivity index (χ1) is 9.10. The van der Waals surface area contributed by atoms with Crippen molar-refractivity contribution in [3.05, 3.63) is 0 Å². The molecule has 0 spiro atoms. The van der Waals surface area contributed by atoms with Gasteiger partial charge in [0, 0.05) is 32.3 Å². The molecule has 0 aliphatic carbocycles. The number of nitrogens with zero attached hydrogens (tertiary/aromatic N) is 1. The maximum Gasteiger partial charge on any atom is 0.0630 e. The standard InChI is InChI=1S/C16H36N2O/c1-7-10-17-11-16(13-19-6)18(12-14(4)5)15(8-2)9-3/h14-17H,7-13H2,1-6H3. The lowest BCUT2D eigenvalue weighted by Gasteiger charge is -2.38. The van der Waals surface area contributed by atoms with E-state index in [1.165, 1.54) is 19.3 Å². The summed E-state index contributed by atoms with van der Waals surface area (Å²) in [4.78, 5) is 2.66. The van der Waals surface area contributed by atoms with E-state index in [4.69, 9.17) is 4.74 Å². The summed E-state index contributed by atoms with van der Waals surface area (Å²) < 4.78 is 5.45. The summed E-state index contributed by atoms with van der Waals surface area (Å²) in [6.45, 7) is 15.5. The molecular weight excluding hydrogens is 236 g/mol. The predicted octanol–water partition coefficient (Wildman–Crippen LogP) is 3.15. The Bertz CT molecular complexity index is 193. The Balaban J connectivity index is 4.68. The lowest BCUT2D eigenvalue weighted by molar-refractivity contribution is 0.0482. The molecule has 3 nitrogen and oxygen atoms in total. The zero-order chi connectivity index (χ0) is 14.7. The molecule has 0 rings (SSSR count). The Morgan fingerprint density at radius 2 is 1.68 bits per heavy atom. The highest BCUT2D eigenvalue weighted by atomic mass is 16.5. The quantitative estimate of drug-likeness (QED) is 0.552. The van der Waals surface area contributed by atoms with Gasteiger partial charge in [-0.3, -0.25) is 4.90 Å². The van der Waals surface area contributed by atoms with Gasteiger partial charge in [-0.2, -0.15) is 0 Å². The molecular formula is C16H36N2O. The van der Waals surface area contributed by atoms with Crippen LogP contribution in [-0.4, -0.2) is 50.3 Å². The van der Waals surface area contributed by atoms with Gasteiger partial charge in [-0.15, -0.1) is 0 Å². The lowest BCUT2D eigenvalue weighted by atomic mass is 10.0. The first kappa shape index (κ1) is 18.9. The van der Waals surface area contributed by atoms with Crippen LogP contribution in [0, 0.1) is 5.92 Å². The molecule has 0 aromatic carbocycles. The maximum absolute atomic E-state index is 5.45. The van der Waals surface area contributed by atoms with Crippen molar-refractivity contribution in [3.63, 3.8) is 0 Å². The zero-order valence-electron chi connectivity index (χ0n) is 14.0. The number of ether oxygens (including phenoxy) is 1. The molecule has 116 valence electrons. The van der Waals surface area contributed by atoms with E-state index in [-0.39, 0.29) is 0 Å². The molecule has 0 radical (unpaired) electrons. The minimum absolute atomic E-state index is 0.490. The van der Waals surface area contributed by atoms with E-state index in [1.807, 2.05) is 7.11 Å². The van der Waals surface area contributed by atoms with E-state index in [0.29, 0.717) is 18.0 Å². The summed E-state index contributed by atoms with van der Waals surface area (Å²) in [5, 5.41) is 3.56. The first-order valence-electron chi connectivity index (χ1n) is 8.05. The minimum Gasteiger partial charge on any atom is -0.383 e. The predicted molar refractivity (Wildman–Crippen MR) is 84.7 cm³/mol. The molecule has 19 heavy (non-hydrogen) atoms. The summed E-state index contributed by atoms with van der Waals surface area (Å²) in [5.74, 6) is 0.700. The van der Waals surface area contributed by atoms with Gasteiger partial charge < -0.3 is 10.1 Å². The maximum atomic E-state index is 5.45. The Morgan fingerprint density at radius 1 is 1.05 bits per heavy atom. The molecule has 0 heterocycles. The van der Waals surface area contributed by atoms with Crippen molar-refractivity contribution in [1.82, 2.24) is 10.2 Å². The van der Waals surface area contributed by atoms with Crippen LogP contribution in [0.25, 0.3) is 0 Å². The van der Waals surface area contributed by atoms with Crippen molar-refractivity contribution >= 4 is 0 Å². The van der Waals surface area contributed by atoms with Gasteiger partial charge in [-0.1, -0.05) is 34.6 Å². The van der Waals surface area contributed by atoms with Crippen molar-refractivity contribution < 1.29 is 4.74 Å². The first-order valence-corrected chi connectivity index (χ1v) is 8.05. The van der Waals surface area contributed by atoms with Crippen molar-refractivity contribution in [2.24, 2.45) is 5.92 Å². The van der Waals surface area contributed by atoms with Gasteiger partial charge in [0.1, 0.15) is 0 Å². The molecule has 0 aromatic rings. The molecule has 1 unspecified atom stereocenters. The Kier molecular flexibility index (Phi) is 11.6. The summed E-state index contributed by atoms with van der Waals surface area (Å²) in [7, 11) is 1.81. The fraction of sp³-hybridized carbons (Fsp3) is 1.00. The molecule has 1 atom stereocenters. The lowest BCUT2D eigenvalue weighted by Crippen LogP contribution is -2.51. The average Bonchev–Trinajstić information content (AvgIpc) is 2.38. The third kappa shape index (κ3) is 7.91. The normalized spacial score (nSPS) is 13.7. The Labute approximate surface area is 121 Å². The van der Waals surface area contributed by atoms with Gasteiger partial charge in [-0.25, -0.2) is 0 Å². The Hall–Kier alpha value is -0.120. The van der Waals surface area contributed by atoms with E-state index in [2.05, 4.69) is 44.8 Å². The van der Waals surface area contributed by atoms with Gasteiger partial charge in [0.2, 0.25) is 0 Å². The highest BCUT2D eigenvalue weighted by Crippen LogP contribution is 2.15. The van der Waals surface area contributed by atoms with Crippen LogP contribution in [0.15, 0.2) is 0 Å². The molecule has 0 aliphatic heterocycles. The van der Waals surface area contributed by atoms with Crippen LogP contribution in [0.5, 0.6) is 0 Å². The largest absolute Gasteiger partial charge is 0.383 e. The van der Waals surface area contributed by atoms with Crippen LogP contribution in [0.3, 0.4) is 0 Å². The monoisotopic (exact) mass is 272 g/mol. The van der Waals surface area contributed by atoms with E-state index in [9.17, 15) is 0 Å². The third-order valence-electron chi connectivity index (χ3n) is 3.62. The smallest absolute Gasteiger partial charge is 0.0630 e. The summed E-state index contributed by atoms with van der Waals surface area (Å²) in [6.07, 6.45) is 3.63. The van der Waals surface area contributed by atoms with E-state index in [0.717, 1.165) is 26.2 Å². The van der Waals surface area contributed by atoms with Crippen molar-refractivity contribution in [2.75, 3.05) is 33.4 Å². The van der Waals surface area contributed by atoms with Gasteiger partial charge in [0.05, 0.1) is 6.61 Å². The fourth-order valence-electron chi connectivity index (χ4n) is 2.69. The number of methoxy groups -OCH3 is 1. The highest BCUT2D eigenvalue weighted by Gasteiger charge is 2.24. The SMILES string of the molecule is CCCNCC(COC)N(CC(C)C)C(CC)CC. The number of rotatable bonds is 12. The Morgan fingerprint density at radius 3 is 2.11 bits per heavy atom. The highest BCUT2D eigenvalue weighted by molar-refractivity contribution is 4.80. The zero-order valence-corrected chi connectivity index (χ0v) is 14.0. The van der Waals surface area contributed by atoms with Crippen molar-refractivity contribution in [3.8, 4) is 0 Å². The van der Waals surface area contributed by atoms with E-state index in [1.54, 1.807) is 0 Å². The van der Waals surface area contributed by atoms with E-state index >= 15 is 0 Å². The van der Waals surface area contributed by atoms with Crippen LogP contribution in [0.4, 0.5) is 0 Å². The van der Waals surface area contributed by atoms with E-state index < -0.39 is 0 Å². The minimum atomic E-state index is 0.490. The van der Waals surface area contributed by atoms with Crippen LogP contribution >= 0.6 is 0 Å². The summed E-state index contributed by atoms with van der Waals surface area (Å²) in [6, 6.07) is 1.16. The molecule has 1 N–H and O–H groups in total. The molecule has 0 aliphatic rings. The van der Waals surface area contributed by atoms with Crippen LogP contribution in [0.2, 0.25) is 0 Å². The van der Waals surface area contributed by atoms with Crippen molar-refractivity contribution in [2.45, 2.75) is 66.0 Å². The van der Waals surface area contributed by atoms with Crippen LogP contribution in [0.1, 0.15) is 53.9 Å². The van der Waals surface area contributed by atoms with Crippen molar-refractivity contribution in [1.29, 1.82) is 0 Å². The number of nitrogens with one attached hydrogen (secondary N) is 1. The fourth-order valence-corrected chi connectivity index (χ4v) is 2.69. The molecule has 0 amide bonds. The van der Waals surface area contributed by atoms with Crippen LogP contribution in [-0.2, 0) is 4.74 Å². The second kappa shape index (κ2) is 11.7. The van der Waals surface area contributed by atoms with Crippen LogP contribution < -0.4 is 5.32 Å². The van der Waals surface area contributed by atoms with Gasteiger partial charge in [0.25, 0.3) is 0 Å².